The van der Waals surface area contributed by atoms with E-state index in [1.54, 1.807) is 36.4 Å². The summed E-state index contributed by atoms with van der Waals surface area (Å²) >= 11 is 2.68. The average molecular weight is 586 g/mol. The smallest absolute Gasteiger partial charge is 0.296 e. The number of ketones is 1. The summed E-state index contributed by atoms with van der Waals surface area (Å²) in [7, 11) is 3.01. The molecule has 5 aromatic rings. The summed E-state index contributed by atoms with van der Waals surface area (Å²) in [6.45, 7) is 0. The number of furan rings is 1. The van der Waals surface area contributed by atoms with Gasteiger partial charge in [0.05, 0.1) is 25.8 Å². The third-order valence-electron chi connectivity index (χ3n) is 6.63. The summed E-state index contributed by atoms with van der Waals surface area (Å²) in [6, 6.07) is 22.7. The molecule has 11 heteroatoms. The Morgan fingerprint density at radius 1 is 1.00 bits per heavy atom. The van der Waals surface area contributed by atoms with Gasteiger partial charge in [-0.2, -0.15) is 0 Å². The van der Waals surface area contributed by atoms with E-state index in [-0.39, 0.29) is 16.5 Å². The molecule has 1 N–H and O–H groups in total. The fourth-order valence-electron chi connectivity index (χ4n) is 4.68. The Hall–Kier alpha value is -4.61. The van der Waals surface area contributed by atoms with Crippen LogP contribution in [0.25, 0.3) is 11.0 Å². The number of fused-ring (bicyclic) bond motifs is 1. The molecule has 9 nitrogen and oxygen atoms in total. The highest BCUT2D eigenvalue weighted by molar-refractivity contribution is 8.00. The predicted molar refractivity (Wildman–Crippen MR) is 156 cm³/mol. The number of ether oxygens (including phenoxy) is 2. The van der Waals surface area contributed by atoms with Crippen molar-refractivity contribution in [3.63, 3.8) is 0 Å². The van der Waals surface area contributed by atoms with Crippen molar-refractivity contribution >= 4 is 50.9 Å². The molecule has 1 aliphatic rings. The summed E-state index contributed by atoms with van der Waals surface area (Å²) in [5.41, 5.74) is 2.01. The molecule has 0 spiro atoms. The molecule has 41 heavy (non-hydrogen) atoms. The number of carbonyl (C=O) groups excluding carboxylic acids is 2. The van der Waals surface area contributed by atoms with E-state index in [9.17, 15) is 14.7 Å². The van der Waals surface area contributed by atoms with Gasteiger partial charge in [0, 0.05) is 11.1 Å². The maximum atomic E-state index is 13.9. The molecule has 1 amide bonds. The number of hydrogen-bond donors (Lipinski definition) is 1. The molecular weight excluding hydrogens is 562 g/mol. The van der Waals surface area contributed by atoms with E-state index in [0.29, 0.717) is 32.7 Å². The number of aromatic nitrogens is 2. The van der Waals surface area contributed by atoms with Crippen LogP contribution in [0.4, 0.5) is 5.13 Å². The number of benzene rings is 3. The number of thioether (sulfide) groups is 1. The van der Waals surface area contributed by atoms with Gasteiger partial charge in [-0.25, -0.2) is 0 Å². The van der Waals surface area contributed by atoms with Crippen molar-refractivity contribution in [1.82, 2.24) is 10.2 Å². The molecule has 0 fully saturated rings. The van der Waals surface area contributed by atoms with Crippen molar-refractivity contribution in [1.29, 1.82) is 0 Å². The number of hydrogen-bond acceptors (Lipinski definition) is 10. The highest BCUT2D eigenvalue weighted by atomic mass is 32.2. The minimum Gasteiger partial charge on any atom is -0.503 e. The Morgan fingerprint density at radius 3 is 2.51 bits per heavy atom. The lowest BCUT2D eigenvalue weighted by Crippen LogP contribution is -2.31. The maximum absolute atomic E-state index is 13.9. The van der Waals surface area contributed by atoms with Crippen molar-refractivity contribution in [3.05, 3.63) is 107 Å². The van der Waals surface area contributed by atoms with Gasteiger partial charge in [-0.1, -0.05) is 77.7 Å². The van der Waals surface area contributed by atoms with Crippen molar-refractivity contribution in [3.8, 4) is 11.5 Å². The quantitative estimate of drug-likeness (QED) is 0.120. The van der Waals surface area contributed by atoms with Crippen molar-refractivity contribution in [2.24, 2.45) is 0 Å². The van der Waals surface area contributed by atoms with Crippen LogP contribution >= 0.6 is 23.1 Å². The Labute approximate surface area is 243 Å². The van der Waals surface area contributed by atoms with Crippen molar-refractivity contribution in [2.75, 3.05) is 19.1 Å². The lowest BCUT2D eigenvalue weighted by atomic mass is 9.95. The fourth-order valence-corrected chi connectivity index (χ4v) is 6.50. The standard InChI is InChI=1S/C30H23N3O6S2/c1-37-21-13-12-19(15-22(21)38-2)25-24(26(34)23-14-18-10-6-7-11-20(18)39-23)27(35)28(36)33(25)29-31-32-30(41-29)40-16-17-8-4-3-5-9-17/h3-15,25,35H,16H2,1-2H3. The van der Waals surface area contributed by atoms with Crippen LogP contribution in [0.15, 0.2) is 99.0 Å². The first-order valence-electron chi connectivity index (χ1n) is 12.5. The molecule has 0 saturated carbocycles. The van der Waals surface area contributed by atoms with E-state index in [1.807, 2.05) is 42.5 Å². The number of amides is 1. The zero-order chi connectivity index (χ0) is 28.5. The lowest BCUT2D eigenvalue weighted by Gasteiger charge is -2.24. The van der Waals surface area contributed by atoms with Gasteiger partial charge >= 0.3 is 0 Å². The largest absolute Gasteiger partial charge is 0.503 e. The first kappa shape index (κ1) is 26.6. The Bertz CT molecular complexity index is 1760. The molecule has 1 unspecified atom stereocenters. The first-order chi connectivity index (χ1) is 20.0. The Balaban J connectivity index is 1.41. The number of Topliss-reactive ketones (excluding diaryl/α,β-unsaturated/α-hetero) is 1. The third-order valence-corrected chi connectivity index (χ3v) is 8.76. The number of carbonyl (C=O) groups is 2. The molecule has 0 aliphatic carbocycles. The monoisotopic (exact) mass is 585 g/mol. The molecule has 3 heterocycles. The number of nitrogens with zero attached hydrogens (tertiary/aromatic N) is 3. The fraction of sp³-hybridized carbons (Fsp3) is 0.133. The lowest BCUT2D eigenvalue weighted by molar-refractivity contribution is -0.117. The van der Waals surface area contributed by atoms with Crippen LogP contribution in [-0.4, -0.2) is 41.2 Å². The van der Waals surface area contributed by atoms with Gasteiger partial charge in [-0.3, -0.25) is 14.5 Å². The third kappa shape index (κ3) is 4.94. The molecule has 0 bridgehead atoms. The topological polar surface area (TPSA) is 115 Å². The van der Waals surface area contributed by atoms with Crippen LogP contribution in [0.3, 0.4) is 0 Å². The molecule has 206 valence electrons. The number of methoxy groups -OCH3 is 2. The Morgan fingerprint density at radius 2 is 1.76 bits per heavy atom. The van der Waals surface area contributed by atoms with Gasteiger partial charge in [-0.05, 0) is 35.4 Å². The molecule has 6 rings (SSSR count). The molecule has 0 radical (unpaired) electrons. The second kappa shape index (κ2) is 11.1. The molecular formula is C30H23N3O6S2. The second-order valence-corrected chi connectivity index (χ2v) is 11.2. The second-order valence-electron chi connectivity index (χ2n) is 9.06. The van der Waals surface area contributed by atoms with Crippen molar-refractivity contribution < 1.29 is 28.6 Å². The maximum Gasteiger partial charge on any atom is 0.296 e. The van der Waals surface area contributed by atoms with E-state index >= 15 is 0 Å². The van der Waals surface area contributed by atoms with Crippen LogP contribution in [0.1, 0.15) is 27.7 Å². The van der Waals surface area contributed by atoms with Gasteiger partial charge < -0.3 is 19.0 Å². The normalized spacial score (nSPS) is 15.1. The van der Waals surface area contributed by atoms with Crippen LogP contribution in [-0.2, 0) is 10.5 Å². The predicted octanol–water partition coefficient (Wildman–Crippen LogP) is 6.38. The van der Waals surface area contributed by atoms with E-state index in [1.165, 1.54) is 42.2 Å². The summed E-state index contributed by atoms with van der Waals surface area (Å²) < 4.78 is 17.3. The number of aliphatic hydroxyl groups excluding tert-OH is 1. The number of anilines is 1. The molecule has 1 atom stereocenters. The zero-order valence-corrected chi connectivity index (χ0v) is 23.6. The van der Waals surface area contributed by atoms with Crippen LogP contribution < -0.4 is 14.4 Å². The van der Waals surface area contributed by atoms with E-state index in [0.717, 1.165) is 10.9 Å². The minimum absolute atomic E-state index is 0.00393. The highest BCUT2D eigenvalue weighted by Gasteiger charge is 2.47. The molecule has 0 saturated heterocycles. The Kier molecular flexibility index (Phi) is 7.21. The first-order valence-corrected chi connectivity index (χ1v) is 14.3. The SMILES string of the molecule is COc1ccc(C2C(C(=O)c3cc4ccccc4o3)=C(O)C(=O)N2c2nnc(SCc3ccccc3)s2)cc1OC. The summed E-state index contributed by atoms with van der Waals surface area (Å²) in [6.07, 6.45) is 0. The van der Waals surface area contributed by atoms with E-state index in [2.05, 4.69) is 10.2 Å². The van der Waals surface area contributed by atoms with Crippen LogP contribution in [0.2, 0.25) is 0 Å². The minimum atomic E-state index is -1.03. The summed E-state index contributed by atoms with van der Waals surface area (Å²) in [5.74, 6) is -0.510. The van der Waals surface area contributed by atoms with Gasteiger partial charge in [0.2, 0.25) is 10.9 Å². The molecule has 1 aliphatic heterocycles. The summed E-state index contributed by atoms with van der Waals surface area (Å²) in [5, 5.41) is 20.6. The van der Waals surface area contributed by atoms with E-state index < -0.39 is 23.5 Å². The van der Waals surface area contributed by atoms with Crippen LogP contribution in [0, 0.1) is 0 Å². The highest BCUT2D eigenvalue weighted by Crippen LogP contribution is 2.45. The van der Waals surface area contributed by atoms with Gasteiger partial charge in [0.1, 0.15) is 5.58 Å². The molecule has 3 aromatic carbocycles. The number of para-hydroxylation sites is 1. The molecule has 2 aromatic heterocycles. The zero-order valence-electron chi connectivity index (χ0n) is 21.9. The van der Waals surface area contributed by atoms with Gasteiger partial charge in [0.25, 0.3) is 5.91 Å². The van der Waals surface area contributed by atoms with Gasteiger partial charge in [-0.15, -0.1) is 10.2 Å². The summed E-state index contributed by atoms with van der Waals surface area (Å²) in [4.78, 5) is 28.8. The van der Waals surface area contributed by atoms with E-state index in [4.69, 9.17) is 13.9 Å². The number of aliphatic hydroxyl groups is 1. The number of rotatable bonds is 9. The van der Waals surface area contributed by atoms with Crippen molar-refractivity contribution in [2.45, 2.75) is 16.1 Å². The van der Waals surface area contributed by atoms with Gasteiger partial charge in [0.15, 0.2) is 27.4 Å². The average Bonchev–Trinajstić information content (AvgIpc) is 3.72. The van der Waals surface area contributed by atoms with Crippen LogP contribution in [0.5, 0.6) is 11.5 Å².